The third kappa shape index (κ3) is 1.57. The fourth-order valence-electron chi connectivity index (χ4n) is 2.10. The van der Waals surface area contributed by atoms with Crippen LogP contribution in [0.4, 0.5) is 0 Å². The van der Waals surface area contributed by atoms with Gasteiger partial charge in [0.1, 0.15) is 5.75 Å². The van der Waals surface area contributed by atoms with E-state index >= 15 is 0 Å². The van der Waals surface area contributed by atoms with Gasteiger partial charge in [-0.15, -0.1) is 0 Å². The van der Waals surface area contributed by atoms with Gasteiger partial charge in [-0.1, -0.05) is 13.0 Å². The van der Waals surface area contributed by atoms with Crippen LogP contribution >= 0.6 is 0 Å². The second kappa shape index (κ2) is 4.18. The van der Waals surface area contributed by atoms with Crippen LogP contribution in [0.5, 0.6) is 5.75 Å². The number of methoxy groups -OCH3 is 1. The largest absolute Gasteiger partial charge is 0.495 e. The van der Waals surface area contributed by atoms with Crippen molar-refractivity contribution in [2.75, 3.05) is 13.7 Å². The van der Waals surface area contributed by atoms with Crippen LogP contribution in [-0.4, -0.2) is 23.4 Å². The van der Waals surface area contributed by atoms with Crippen LogP contribution < -0.4 is 4.74 Å². The molecule has 1 N–H and O–H groups in total. The van der Waals surface area contributed by atoms with E-state index in [1.807, 2.05) is 36.9 Å². The Bertz CT molecular complexity index is 502. The summed E-state index contributed by atoms with van der Waals surface area (Å²) in [6.07, 6.45) is 2.01. The Morgan fingerprint density at radius 2 is 2.12 bits per heavy atom. The highest BCUT2D eigenvalue weighted by Crippen LogP contribution is 2.32. The van der Waals surface area contributed by atoms with E-state index < -0.39 is 0 Å². The van der Waals surface area contributed by atoms with Gasteiger partial charge in [0.05, 0.1) is 12.6 Å². The maximum Gasteiger partial charge on any atom is 0.143 e. The maximum atomic E-state index is 9.24. The van der Waals surface area contributed by atoms with E-state index in [1.54, 1.807) is 7.11 Å². The monoisotopic (exact) mass is 219 g/mol. The lowest BCUT2D eigenvalue weighted by Crippen LogP contribution is -2.00. The number of rotatable bonds is 3. The Morgan fingerprint density at radius 3 is 2.75 bits per heavy atom. The standard InChI is InChI=1S/C13H17NO2/c1-9(8-15)10-4-5-12(16-3)13-11(10)6-7-14(13)2/h4-7,9,15H,8H2,1-3H3. The lowest BCUT2D eigenvalue weighted by atomic mass is 9.98. The number of aryl methyl sites for hydroxylation is 1. The molecule has 0 spiro atoms. The number of benzene rings is 1. The van der Waals surface area contributed by atoms with Gasteiger partial charge in [-0.05, 0) is 17.7 Å². The molecular formula is C13H17NO2. The van der Waals surface area contributed by atoms with Crippen LogP contribution in [0, 0.1) is 0 Å². The predicted molar refractivity (Wildman–Crippen MR) is 65.0 cm³/mol. The summed E-state index contributed by atoms with van der Waals surface area (Å²) in [7, 11) is 3.68. The Hall–Kier alpha value is -1.48. The van der Waals surface area contributed by atoms with Crippen molar-refractivity contribution < 1.29 is 9.84 Å². The molecule has 0 aliphatic heterocycles. The highest BCUT2D eigenvalue weighted by Gasteiger charge is 2.13. The van der Waals surface area contributed by atoms with Crippen molar-refractivity contribution in [2.24, 2.45) is 7.05 Å². The first kappa shape index (κ1) is 11.0. The zero-order valence-corrected chi connectivity index (χ0v) is 9.90. The smallest absolute Gasteiger partial charge is 0.143 e. The quantitative estimate of drug-likeness (QED) is 0.859. The summed E-state index contributed by atoms with van der Waals surface area (Å²) in [5.41, 5.74) is 2.25. The van der Waals surface area contributed by atoms with E-state index in [1.165, 1.54) is 5.56 Å². The normalized spacial score (nSPS) is 13.0. The van der Waals surface area contributed by atoms with Gasteiger partial charge in [0.25, 0.3) is 0 Å². The molecule has 0 aliphatic carbocycles. The van der Waals surface area contributed by atoms with Crippen molar-refractivity contribution in [1.29, 1.82) is 0 Å². The molecule has 1 aromatic heterocycles. The van der Waals surface area contributed by atoms with Gasteiger partial charge in [-0.25, -0.2) is 0 Å². The van der Waals surface area contributed by atoms with Crippen molar-refractivity contribution in [3.8, 4) is 5.75 Å². The first-order chi connectivity index (χ1) is 7.69. The number of aromatic nitrogens is 1. The van der Waals surface area contributed by atoms with Crippen LogP contribution in [0.3, 0.4) is 0 Å². The Morgan fingerprint density at radius 1 is 1.38 bits per heavy atom. The zero-order valence-electron chi connectivity index (χ0n) is 9.90. The Labute approximate surface area is 95.3 Å². The molecule has 0 saturated heterocycles. The minimum atomic E-state index is 0.149. The fraction of sp³-hybridized carbons (Fsp3) is 0.385. The molecule has 1 unspecified atom stereocenters. The predicted octanol–water partition coefficient (Wildman–Crippen LogP) is 2.28. The van der Waals surface area contributed by atoms with Gasteiger partial charge >= 0.3 is 0 Å². The van der Waals surface area contributed by atoms with Gasteiger partial charge in [0.2, 0.25) is 0 Å². The lowest BCUT2D eigenvalue weighted by Gasteiger charge is -2.12. The van der Waals surface area contributed by atoms with Crippen molar-refractivity contribution in [3.05, 3.63) is 30.0 Å². The number of aliphatic hydroxyl groups excluding tert-OH is 1. The van der Waals surface area contributed by atoms with Crippen molar-refractivity contribution in [2.45, 2.75) is 12.8 Å². The highest BCUT2D eigenvalue weighted by atomic mass is 16.5. The summed E-state index contributed by atoms with van der Waals surface area (Å²) in [5, 5.41) is 10.4. The van der Waals surface area contributed by atoms with Crippen LogP contribution in [0.1, 0.15) is 18.4 Å². The lowest BCUT2D eigenvalue weighted by molar-refractivity contribution is 0.273. The fourth-order valence-corrected chi connectivity index (χ4v) is 2.10. The number of ether oxygens (including phenoxy) is 1. The average Bonchev–Trinajstić information content (AvgIpc) is 2.70. The molecule has 3 heteroatoms. The van der Waals surface area contributed by atoms with Gasteiger partial charge in [-0.3, -0.25) is 0 Å². The van der Waals surface area contributed by atoms with E-state index in [0.29, 0.717) is 0 Å². The minimum absolute atomic E-state index is 0.149. The topological polar surface area (TPSA) is 34.4 Å². The van der Waals surface area contributed by atoms with Crippen LogP contribution in [-0.2, 0) is 7.05 Å². The molecule has 1 aromatic carbocycles. The summed E-state index contributed by atoms with van der Waals surface area (Å²) >= 11 is 0. The van der Waals surface area contributed by atoms with E-state index in [9.17, 15) is 5.11 Å². The summed E-state index contributed by atoms with van der Waals surface area (Å²) in [6, 6.07) is 6.06. The molecule has 0 amide bonds. The first-order valence-electron chi connectivity index (χ1n) is 5.41. The molecule has 2 aromatic rings. The third-order valence-corrected chi connectivity index (χ3v) is 3.06. The van der Waals surface area contributed by atoms with E-state index in [2.05, 4.69) is 6.07 Å². The number of hydrogen-bond donors (Lipinski definition) is 1. The summed E-state index contributed by atoms with van der Waals surface area (Å²) < 4.78 is 7.40. The van der Waals surface area contributed by atoms with Crippen LogP contribution in [0.15, 0.2) is 24.4 Å². The molecule has 0 saturated carbocycles. The number of fused-ring (bicyclic) bond motifs is 1. The third-order valence-electron chi connectivity index (χ3n) is 3.06. The van der Waals surface area contributed by atoms with Crippen molar-refractivity contribution >= 4 is 10.9 Å². The Balaban J connectivity index is 2.71. The van der Waals surface area contributed by atoms with Crippen molar-refractivity contribution in [1.82, 2.24) is 4.57 Å². The van der Waals surface area contributed by atoms with E-state index in [4.69, 9.17) is 4.74 Å². The zero-order chi connectivity index (χ0) is 11.7. The minimum Gasteiger partial charge on any atom is -0.495 e. The van der Waals surface area contributed by atoms with Gasteiger partial charge < -0.3 is 14.4 Å². The second-order valence-corrected chi connectivity index (χ2v) is 4.13. The first-order valence-corrected chi connectivity index (χ1v) is 5.41. The van der Waals surface area contributed by atoms with Crippen LogP contribution in [0.2, 0.25) is 0 Å². The van der Waals surface area contributed by atoms with Crippen molar-refractivity contribution in [3.63, 3.8) is 0 Å². The molecule has 1 heterocycles. The molecule has 3 nitrogen and oxygen atoms in total. The molecule has 86 valence electrons. The summed E-state index contributed by atoms with van der Waals surface area (Å²) in [5.74, 6) is 1.02. The summed E-state index contributed by atoms with van der Waals surface area (Å²) in [6.45, 7) is 2.19. The highest BCUT2D eigenvalue weighted by molar-refractivity contribution is 5.89. The summed E-state index contributed by atoms with van der Waals surface area (Å²) in [4.78, 5) is 0. The van der Waals surface area contributed by atoms with E-state index in [-0.39, 0.29) is 12.5 Å². The number of hydrogen-bond acceptors (Lipinski definition) is 2. The molecule has 0 radical (unpaired) electrons. The van der Waals surface area contributed by atoms with Gasteiger partial charge in [0.15, 0.2) is 0 Å². The molecule has 1 atom stereocenters. The second-order valence-electron chi connectivity index (χ2n) is 4.13. The number of aliphatic hydroxyl groups is 1. The van der Waals surface area contributed by atoms with Gasteiger partial charge in [-0.2, -0.15) is 0 Å². The number of nitrogens with zero attached hydrogens (tertiary/aromatic N) is 1. The molecular weight excluding hydrogens is 202 g/mol. The maximum absolute atomic E-state index is 9.24. The van der Waals surface area contributed by atoms with Crippen LogP contribution in [0.25, 0.3) is 10.9 Å². The Kier molecular flexibility index (Phi) is 2.88. The molecule has 2 rings (SSSR count). The molecule has 16 heavy (non-hydrogen) atoms. The van der Waals surface area contributed by atoms with Gasteiger partial charge in [0, 0.05) is 31.2 Å². The molecule has 0 aliphatic rings. The molecule has 0 fully saturated rings. The van der Waals surface area contributed by atoms with E-state index in [0.717, 1.165) is 16.7 Å². The molecule has 0 bridgehead atoms. The SMILES string of the molecule is COc1ccc(C(C)CO)c2ccn(C)c12. The average molecular weight is 219 g/mol.